The van der Waals surface area contributed by atoms with Crippen LogP contribution in [-0.4, -0.2) is 28.9 Å². The topological polar surface area (TPSA) is 41.6 Å². The van der Waals surface area contributed by atoms with Crippen molar-refractivity contribution in [3.63, 3.8) is 0 Å². The number of nitrogens with one attached hydrogen (secondary N) is 1. The minimum Gasteiger partial charge on any atom is -0.493 e. The van der Waals surface area contributed by atoms with Crippen LogP contribution in [0.2, 0.25) is 0 Å². The van der Waals surface area contributed by atoms with Gasteiger partial charge in [0.25, 0.3) is 0 Å². The Morgan fingerprint density at radius 2 is 1.96 bits per heavy atom. The predicted octanol–water partition coefficient (Wildman–Crippen LogP) is 4.23. The summed E-state index contributed by atoms with van der Waals surface area (Å²) in [6.45, 7) is 11.4. The summed E-state index contributed by atoms with van der Waals surface area (Å²) in [7, 11) is 0. The molecule has 2 rings (SSSR count). The van der Waals surface area contributed by atoms with E-state index in [1.54, 1.807) is 6.92 Å². The molecule has 1 heterocycles. The molecule has 1 atom stereocenters. The number of hydrogen-bond acceptors (Lipinski definition) is 3. The van der Waals surface area contributed by atoms with Gasteiger partial charge in [-0.1, -0.05) is 32.9 Å². The van der Waals surface area contributed by atoms with E-state index in [1.165, 1.54) is 0 Å². The van der Waals surface area contributed by atoms with Crippen LogP contribution in [0.4, 0.5) is 0 Å². The molecule has 1 aliphatic heterocycles. The van der Waals surface area contributed by atoms with E-state index in [2.05, 4.69) is 26.1 Å². The fourth-order valence-electron chi connectivity index (χ4n) is 3.00. The number of allylic oxidation sites excluding steroid dienone is 1. The lowest BCUT2D eigenvalue weighted by atomic mass is 9.92. The summed E-state index contributed by atoms with van der Waals surface area (Å²) in [6.07, 6.45) is 0.969. The molecule has 0 aliphatic carbocycles. The highest BCUT2D eigenvalue weighted by molar-refractivity contribution is 7.80. The van der Waals surface area contributed by atoms with Crippen LogP contribution >= 0.6 is 12.2 Å². The lowest BCUT2D eigenvalue weighted by Gasteiger charge is -2.37. The van der Waals surface area contributed by atoms with Crippen molar-refractivity contribution in [2.45, 2.75) is 47.1 Å². The highest BCUT2D eigenvalue weighted by Crippen LogP contribution is 2.32. The van der Waals surface area contributed by atoms with Gasteiger partial charge in [-0.3, -0.25) is 4.79 Å². The van der Waals surface area contributed by atoms with Crippen LogP contribution in [0, 0.1) is 5.92 Å². The number of nitrogens with zero attached hydrogens (tertiary/aromatic N) is 1. The molecule has 0 saturated carbocycles. The number of thiocarbonyl (C=S) groups is 1. The van der Waals surface area contributed by atoms with Crippen LogP contribution in [0.5, 0.6) is 5.75 Å². The number of ketones is 1. The molecule has 1 aliphatic rings. The molecule has 0 radical (unpaired) electrons. The molecule has 0 bridgehead atoms. The average Bonchev–Trinajstić information content (AvgIpc) is 2.56. The molecule has 0 aromatic heterocycles. The van der Waals surface area contributed by atoms with Crippen molar-refractivity contribution in [3.05, 3.63) is 41.1 Å². The van der Waals surface area contributed by atoms with E-state index in [-0.39, 0.29) is 11.8 Å². The first kappa shape index (κ1) is 19.4. The molecule has 0 amide bonds. The molecule has 1 aromatic carbocycles. The highest BCUT2D eigenvalue weighted by atomic mass is 32.1. The second-order valence-electron chi connectivity index (χ2n) is 6.86. The first-order valence-corrected chi connectivity index (χ1v) is 9.28. The smallest absolute Gasteiger partial charge is 0.173 e. The second kappa shape index (κ2) is 8.48. The van der Waals surface area contributed by atoms with Gasteiger partial charge in [0.15, 0.2) is 10.9 Å². The number of rotatable bonds is 7. The maximum absolute atomic E-state index is 12.3. The monoisotopic (exact) mass is 360 g/mol. The van der Waals surface area contributed by atoms with Gasteiger partial charge in [-0.2, -0.15) is 0 Å². The van der Waals surface area contributed by atoms with Crippen LogP contribution in [0.3, 0.4) is 0 Å². The van der Waals surface area contributed by atoms with Gasteiger partial charge < -0.3 is 15.0 Å². The predicted molar refractivity (Wildman–Crippen MR) is 106 cm³/mol. The van der Waals surface area contributed by atoms with E-state index in [4.69, 9.17) is 17.0 Å². The van der Waals surface area contributed by atoms with E-state index in [9.17, 15) is 4.79 Å². The maximum Gasteiger partial charge on any atom is 0.173 e. The molecule has 0 fully saturated rings. The SMILES string of the molecule is CCCN1C(=S)NC(c2ccc(OCC(C)C)cc2)C(C(C)=O)=C1C. The first-order valence-electron chi connectivity index (χ1n) is 8.87. The Bertz CT molecular complexity index is 665. The Hall–Kier alpha value is -1.88. The van der Waals surface area contributed by atoms with Crippen LogP contribution in [0.1, 0.15) is 52.6 Å². The largest absolute Gasteiger partial charge is 0.493 e. The molecule has 0 saturated heterocycles. The molecule has 4 nitrogen and oxygen atoms in total. The lowest BCUT2D eigenvalue weighted by Crippen LogP contribution is -2.47. The third-order valence-electron chi connectivity index (χ3n) is 4.22. The molecule has 136 valence electrons. The number of hydrogen-bond donors (Lipinski definition) is 1. The van der Waals surface area contributed by atoms with Crippen molar-refractivity contribution in [3.8, 4) is 5.75 Å². The standard InChI is InChI=1S/C20H28N2O2S/c1-6-11-22-14(4)18(15(5)23)19(21-20(22)25)16-7-9-17(10-8-16)24-12-13(2)3/h7-10,13,19H,6,11-12H2,1-5H3,(H,21,25). The average molecular weight is 361 g/mol. The van der Waals surface area contributed by atoms with Crippen LogP contribution in [0.25, 0.3) is 0 Å². The van der Waals surface area contributed by atoms with E-state index in [1.807, 2.05) is 36.1 Å². The molecule has 0 spiro atoms. The Labute approximate surface area is 156 Å². The number of ether oxygens (including phenoxy) is 1. The zero-order chi connectivity index (χ0) is 18.6. The lowest BCUT2D eigenvalue weighted by molar-refractivity contribution is -0.114. The Kier molecular flexibility index (Phi) is 6.59. The highest BCUT2D eigenvalue weighted by Gasteiger charge is 2.31. The minimum absolute atomic E-state index is 0.0683. The Morgan fingerprint density at radius 3 is 2.48 bits per heavy atom. The molecule has 5 heteroatoms. The zero-order valence-corrected chi connectivity index (χ0v) is 16.6. The zero-order valence-electron chi connectivity index (χ0n) is 15.8. The van der Waals surface area contributed by atoms with E-state index in [0.717, 1.165) is 35.5 Å². The molecule has 1 unspecified atom stereocenters. The minimum atomic E-state index is -0.211. The van der Waals surface area contributed by atoms with Crippen molar-refractivity contribution in [2.24, 2.45) is 5.92 Å². The van der Waals surface area contributed by atoms with Gasteiger partial charge in [-0.05, 0) is 56.1 Å². The molecular formula is C20H28N2O2S. The fourth-order valence-corrected chi connectivity index (χ4v) is 3.35. The van der Waals surface area contributed by atoms with Crippen LogP contribution in [-0.2, 0) is 4.79 Å². The molecule has 1 aromatic rings. The molecular weight excluding hydrogens is 332 g/mol. The summed E-state index contributed by atoms with van der Waals surface area (Å²) in [5.41, 5.74) is 2.74. The third-order valence-corrected chi connectivity index (χ3v) is 4.56. The van der Waals surface area contributed by atoms with Crippen LogP contribution in [0.15, 0.2) is 35.5 Å². The fraction of sp³-hybridized carbons (Fsp3) is 0.500. The summed E-state index contributed by atoms with van der Waals surface area (Å²) in [5, 5.41) is 4.01. The van der Waals surface area contributed by atoms with Crippen molar-refractivity contribution in [1.82, 2.24) is 10.2 Å². The quantitative estimate of drug-likeness (QED) is 0.737. The molecule has 25 heavy (non-hydrogen) atoms. The number of Topliss-reactive ketones (excluding diaryl/α,β-unsaturated/α-hetero) is 1. The van der Waals surface area contributed by atoms with Gasteiger partial charge in [0.2, 0.25) is 0 Å². The van der Waals surface area contributed by atoms with Gasteiger partial charge in [-0.15, -0.1) is 0 Å². The van der Waals surface area contributed by atoms with E-state index >= 15 is 0 Å². The second-order valence-corrected chi connectivity index (χ2v) is 7.25. The summed E-state index contributed by atoms with van der Waals surface area (Å²) in [6, 6.07) is 7.70. The molecule has 1 N–H and O–H groups in total. The van der Waals surface area contributed by atoms with Crippen molar-refractivity contribution in [2.75, 3.05) is 13.2 Å². The van der Waals surface area contributed by atoms with Gasteiger partial charge >= 0.3 is 0 Å². The number of benzene rings is 1. The summed E-state index contributed by atoms with van der Waals surface area (Å²) < 4.78 is 5.74. The van der Waals surface area contributed by atoms with E-state index < -0.39 is 0 Å². The number of carbonyl (C=O) groups is 1. The van der Waals surface area contributed by atoms with Crippen molar-refractivity contribution in [1.29, 1.82) is 0 Å². The van der Waals surface area contributed by atoms with Crippen LogP contribution < -0.4 is 10.1 Å². The summed E-state index contributed by atoms with van der Waals surface area (Å²) >= 11 is 5.53. The van der Waals surface area contributed by atoms with Crippen molar-refractivity contribution < 1.29 is 9.53 Å². The third kappa shape index (κ3) is 4.60. The Balaban J connectivity index is 2.30. The van der Waals surface area contributed by atoms with E-state index in [0.29, 0.717) is 17.6 Å². The summed E-state index contributed by atoms with van der Waals surface area (Å²) in [5.74, 6) is 1.39. The Morgan fingerprint density at radius 1 is 1.32 bits per heavy atom. The van der Waals surface area contributed by atoms with Gasteiger partial charge in [0.1, 0.15) is 5.75 Å². The summed E-state index contributed by atoms with van der Waals surface area (Å²) in [4.78, 5) is 14.3. The van der Waals surface area contributed by atoms with Gasteiger partial charge in [0.05, 0.1) is 12.6 Å². The van der Waals surface area contributed by atoms with Gasteiger partial charge in [-0.25, -0.2) is 0 Å². The van der Waals surface area contributed by atoms with Crippen molar-refractivity contribution >= 4 is 23.1 Å². The first-order chi connectivity index (χ1) is 11.8. The normalized spacial score (nSPS) is 17.8. The number of carbonyl (C=O) groups excluding carboxylic acids is 1. The maximum atomic E-state index is 12.3. The van der Waals surface area contributed by atoms with Gasteiger partial charge in [0, 0.05) is 17.8 Å².